The number of benzene rings is 1. The minimum atomic E-state index is -0.994. The van der Waals surface area contributed by atoms with Crippen LogP contribution in [-0.4, -0.2) is 16.9 Å². The van der Waals surface area contributed by atoms with Crippen LogP contribution in [0.1, 0.15) is 30.6 Å². The van der Waals surface area contributed by atoms with Gasteiger partial charge in [0.1, 0.15) is 5.52 Å². The standard InChI is InChI=1S/C14H14F2N2O/c1-3-8(2)18-14(19)10-6-9-4-5-11(15)12(16)13(9)17-7-10/h4-8H,3H2,1-2H3,(H,18,19). The molecule has 5 heteroatoms. The van der Waals surface area contributed by atoms with Crippen molar-refractivity contribution < 1.29 is 13.6 Å². The minimum Gasteiger partial charge on any atom is -0.350 e. The van der Waals surface area contributed by atoms with Gasteiger partial charge in [0.15, 0.2) is 11.6 Å². The van der Waals surface area contributed by atoms with Gasteiger partial charge in [-0.05, 0) is 31.5 Å². The number of carbonyl (C=O) groups excluding carboxylic acids is 1. The SMILES string of the molecule is CCC(C)NC(=O)c1cnc2c(F)c(F)ccc2c1. The smallest absolute Gasteiger partial charge is 0.253 e. The van der Waals surface area contributed by atoms with Gasteiger partial charge in [0.25, 0.3) is 5.91 Å². The van der Waals surface area contributed by atoms with Crippen LogP contribution >= 0.6 is 0 Å². The molecule has 0 radical (unpaired) electrons. The second-order valence-corrected chi connectivity index (χ2v) is 4.44. The van der Waals surface area contributed by atoms with Gasteiger partial charge in [-0.2, -0.15) is 0 Å². The quantitative estimate of drug-likeness (QED) is 0.925. The number of hydrogen-bond acceptors (Lipinski definition) is 2. The van der Waals surface area contributed by atoms with E-state index < -0.39 is 11.6 Å². The van der Waals surface area contributed by atoms with E-state index in [9.17, 15) is 13.6 Å². The Morgan fingerprint density at radius 2 is 2.16 bits per heavy atom. The van der Waals surface area contributed by atoms with Crippen molar-refractivity contribution in [2.75, 3.05) is 0 Å². The van der Waals surface area contributed by atoms with Crippen molar-refractivity contribution in [3.63, 3.8) is 0 Å². The van der Waals surface area contributed by atoms with E-state index in [-0.39, 0.29) is 17.5 Å². The molecule has 2 aromatic rings. The summed E-state index contributed by atoms with van der Waals surface area (Å²) in [6, 6.07) is 3.98. The van der Waals surface area contributed by atoms with Crippen LogP contribution in [0, 0.1) is 11.6 Å². The molecule has 0 aliphatic rings. The first-order valence-corrected chi connectivity index (χ1v) is 6.07. The lowest BCUT2D eigenvalue weighted by molar-refractivity contribution is 0.0939. The number of nitrogens with zero attached hydrogens (tertiary/aromatic N) is 1. The van der Waals surface area contributed by atoms with Crippen molar-refractivity contribution in [1.82, 2.24) is 10.3 Å². The zero-order chi connectivity index (χ0) is 14.0. The van der Waals surface area contributed by atoms with Gasteiger partial charge >= 0.3 is 0 Å². The summed E-state index contributed by atoms with van der Waals surface area (Å²) in [5.74, 6) is -2.21. The summed E-state index contributed by atoms with van der Waals surface area (Å²) in [4.78, 5) is 15.7. The summed E-state index contributed by atoms with van der Waals surface area (Å²) in [6.07, 6.45) is 2.06. The third-order valence-corrected chi connectivity index (χ3v) is 3.00. The molecule has 1 aromatic heterocycles. The number of hydrogen-bond donors (Lipinski definition) is 1. The zero-order valence-corrected chi connectivity index (χ0v) is 10.7. The highest BCUT2D eigenvalue weighted by Gasteiger charge is 2.13. The lowest BCUT2D eigenvalue weighted by Gasteiger charge is -2.11. The molecule has 1 atom stereocenters. The molecule has 0 fully saturated rings. The van der Waals surface area contributed by atoms with Crippen LogP contribution in [0.2, 0.25) is 0 Å². The number of rotatable bonds is 3. The van der Waals surface area contributed by atoms with Crippen LogP contribution in [0.25, 0.3) is 10.9 Å². The van der Waals surface area contributed by atoms with Crippen molar-refractivity contribution in [1.29, 1.82) is 0 Å². The molecule has 1 N–H and O–H groups in total. The molecule has 100 valence electrons. The minimum absolute atomic E-state index is 0.0492. The molecule has 1 amide bonds. The van der Waals surface area contributed by atoms with E-state index in [1.165, 1.54) is 18.3 Å². The van der Waals surface area contributed by atoms with Gasteiger partial charge in [0.05, 0.1) is 5.56 Å². The van der Waals surface area contributed by atoms with Crippen LogP contribution in [0.15, 0.2) is 24.4 Å². The zero-order valence-electron chi connectivity index (χ0n) is 10.7. The summed E-state index contributed by atoms with van der Waals surface area (Å²) >= 11 is 0. The lowest BCUT2D eigenvalue weighted by atomic mass is 10.1. The molecule has 2 rings (SSSR count). The van der Waals surface area contributed by atoms with Crippen LogP contribution in [-0.2, 0) is 0 Å². The van der Waals surface area contributed by atoms with Gasteiger partial charge in [-0.1, -0.05) is 6.92 Å². The Morgan fingerprint density at radius 3 is 2.84 bits per heavy atom. The van der Waals surface area contributed by atoms with Crippen LogP contribution < -0.4 is 5.32 Å². The Bertz CT molecular complexity index is 628. The third-order valence-electron chi connectivity index (χ3n) is 3.00. The molecule has 1 unspecified atom stereocenters. The van der Waals surface area contributed by atoms with Crippen molar-refractivity contribution in [3.05, 3.63) is 41.6 Å². The molecule has 1 heterocycles. The van der Waals surface area contributed by atoms with Crippen molar-refractivity contribution in [2.24, 2.45) is 0 Å². The highest BCUT2D eigenvalue weighted by atomic mass is 19.2. The normalized spacial score (nSPS) is 12.4. The van der Waals surface area contributed by atoms with Crippen molar-refractivity contribution in [2.45, 2.75) is 26.3 Å². The fraction of sp³-hybridized carbons (Fsp3) is 0.286. The topological polar surface area (TPSA) is 42.0 Å². The maximum absolute atomic E-state index is 13.5. The fourth-order valence-electron chi connectivity index (χ4n) is 1.67. The predicted octanol–water partition coefficient (Wildman–Crippen LogP) is 3.04. The molecular weight excluding hydrogens is 250 g/mol. The van der Waals surface area contributed by atoms with Crippen LogP contribution in [0.5, 0.6) is 0 Å². The first kappa shape index (κ1) is 13.4. The number of aromatic nitrogens is 1. The molecule has 0 aliphatic carbocycles. The maximum Gasteiger partial charge on any atom is 0.253 e. The average Bonchev–Trinajstić information content (AvgIpc) is 2.42. The Morgan fingerprint density at radius 1 is 1.42 bits per heavy atom. The highest BCUT2D eigenvalue weighted by Crippen LogP contribution is 2.19. The molecule has 1 aromatic carbocycles. The summed E-state index contributed by atoms with van der Waals surface area (Å²) in [7, 11) is 0. The van der Waals surface area contributed by atoms with E-state index in [0.29, 0.717) is 10.9 Å². The largest absolute Gasteiger partial charge is 0.350 e. The molecule has 0 aliphatic heterocycles. The van der Waals surface area contributed by atoms with Crippen molar-refractivity contribution >= 4 is 16.8 Å². The number of nitrogens with one attached hydrogen (secondary N) is 1. The summed E-state index contributed by atoms with van der Waals surface area (Å²) in [5.41, 5.74) is 0.263. The van der Waals surface area contributed by atoms with Crippen LogP contribution in [0.4, 0.5) is 8.78 Å². The molecular formula is C14H14F2N2O. The molecule has 0 bridgehead atoms. The predicted molar refractivity (Wildman–Crippen MR) is 68.9 cm³/mol. The first-order valence-electron chi connectivity index (χ1n) is 6.07. The molecule has 0 saturated carbocycles. The van der Waals surface area contributed by atoms with Gasteiger partial charge < -0.3 is 5.32 Å². The van der Waals surface area contributed by atoms with Crippen molar-refractivity contribution in [3.8, 4) is 0 Å². The number of carbonyl (C=O) groups is 1. The molecule has 0 saturated heterocycles. The first-order chi connectivity index (χ1) is 9.02. The Labute approximate surface area is 109 Å². The number of amides is 1. The van der Waals surface area contributed by atoms with Gasteiger partial charge in [-0.15, -0.1) is 0 Å². The summed E-state index contributed by atoms with van der Waals surface area (Å²) < 4.78 is 26.5. The van der Waals surface area contributed by atoms with E-state index in [4.69, 9.17) is 0 Å². The monoisotopic (exact) mass is 264 g/mol. The Balaban J connectivity index is 2.37. The van der Waals surface area contributed by atoms with E-state index >= 15 is 0 Å². The Kier molecular flexibility index (Phi) is 3.74. The number of fused-ring (bicyclic) bond motifs is 1. The molecule has 0 spiro atoms. The van der Waals surface area contributed by atoms with Gasteiger partial charge in [-0.3, -0.25) is 9.78 Å². The summed E-state index contributed by atoms with van der Waals surface area (Å²) in [5, 5.41) is 3.19. The number of pyridine rings is 1. The van der Waals surface area contributed by atoms with Crippen LogP contribution in [0.3, 0.4) is 0 Å². The average molecular weight is 264 g/mol. The fourth-order valence-corrected chi connectivity index (χ4v) is 1.67. The van der Waals surface area contributed by atoms with Gasteiger partial charge in [0.2, 0.25) is 0 Å². The highest BCUT2D eigenvalue weighted by molar-refractivity contribution is 5.97. The van der Waals surface area contributed by atoms with Gasteiger partial charge in [-0.25, -0.2) is 8.78 Å². The second-order valence-electron chi connectivity index (χ2n) is 4.44. The van der Waals surface area contributed by atoms with E-state index in [1.54, 1.807) is 0 Å². The molecule has 3 nitrogen and oxygen atoms in total. The van der Waals surface area contributed by atoms with E-state index in [2.05, 4.69) is 10.3 Å². The van der Waals surface area contributed by atoms with E-state index in [1.807, 2.05) is 13.8 Å². The maximum atomic E-state index is 13.5. The van der Waals surface area contributed by atoms with E-state index in [0.717, 1.165) is 12.5 Å². The molecule has 19 heavy (non-hydrogen) atoms. The lowest BCUT2D eigenvalue weighted by Crippen LogP contribution is -2.31. The van der Waals surface area contributed by atoms with Gasteiger partial charge in [0, 0.05) is 17.6 Å². The Hall–Kier alpha value is -2.04. The third kappa shape index (κ3) is 2.70. The summed E-state index contributed by atoms with van der Waals surface area (Å²) in [6.45, 7) is 3.85. The second kappa shape index (κ2) is 5.30. The number of halogens is 2.